The number of benzene rings is 1. The molecule has 0 spiro atoms. The molecule has 0 aliphatic carbocycles. The summed E-state index contributed by atoms with van der Waals surface area (Å²) in [7, 11) is 0. The Morgan fingerprint density at radius 1 is 1.00 bits per heavy atom. The molecule has 21 heavy (non-hydrogen) atoms. The molecule has 0 aliphatic heterocycles. The van der Waals surface area contributed by atoms with Crippen molar-refractivity contribution >= 4 is 11.6 Å². The molecule has 2 rings (SSSR count). The standard InChI is InChI=1S/C17H24N4/c1-4-15-20-16(18-5-2)12-17(21-15)19-11-10-14-9-7-6-8-13(14)3/h6-9,12H,4-5,10-11H2,1-3H3,(H2,18,19,20,21). The lowest BCUT2D eigenvalue weighted by atomic mass is 10.1. The second-order valence-corrected chi connectivity index (χ2v) is 5.04. The summed E-state index contributed by atoms with van der Waals surface area (Å²) in [6.07, 6.45) is 1.83. The summed E-state index contributed by atoms with van der Waals surface area (Å²) in [4.78, 5) is 8.99. The first-order valence-electron chi connectivity index (χ1n) is 7.63. The number of hydrogen-bond acceptors (Lipinski definition) is 4. The van der Waals surface area contributed by atoms with Crippen molar-refractivity contribution < 1.29 is 0 Å². The molecule has 0 saturated heterocycles. The maximum Gasteiger partial charge on any atom is 0.132 e. The molecule has 0 unspecified atom stereocenters. The first-order chi connectivity index (χ1) is 10.2. The van der Waals surface area contributed by atoms with Crippen LogP contribution in [0.3, 0.4) is 0 Å². The van der Waals surface area contributed by atoms with Gasteiger partial charge in [-0.05, 0) is 31.4 Å². The van der Waals surface area contributed by atoms with Gasteiger partial charge in [-0.3, -0.25) is 0 Å². The number of nitrogens with zero attached hydrogens (tertiary/aromatic N) is 2. The van der Waals surface area contributed by atoms with E-state index in [1.54, 1.807) is 0 Å². The van der Waals surface area contributed by atoms with Crippen molar-refractivity contribution in [1.82, 2.24) is 9.97 Å². The van der Waals surface area contributed by atoms with E-state index in [9.17, 15) is 0 Å². The van der Waals surface area contributed by atoms with Crippen molar-refractivity contribution in [3.8, 4) is 0 Å². The zero-order valence-corrected chi connectivity index (χ0v) is 13.1. The fraction of sp³-hybridized carbons (Fsp3) is 0.412. The number of nitrogens with one attached hydrogen (secondary N) is 2. The summed E-state index contributed by atoms with van der Waals surface area (Å²) in [5.41, 5.74) is 2.71. The monoisotopic (exact) mass is 284 g/mol. The van der Waals surface area contributed by atoms with E-state index >= 15 is 0 Å². The minimum atomic E-state index is 0.839. The Morgan fingerprint density at radius 3 is 2.38 bits per heavy atom. The van der Waals surface area contributed by atoms with Crippen LogP contribution in [0, 0.1) is 6.92 Å². The van der Waals surface area contributed by atoms with E-state index in [1.807, 2.05) is 6.07 Å². The molecule has 2 N–H and O–H groups in total. The highest BCUT2D eigenvalue weighted by atomic mass is 15.1. The number of hydrogen-bond donors (Lipinski definition) is 2. The molecule has 4 nitrogen and oxygen atoms in total. The zero-order valence-electron chi connectivity index (χ0n) is 13.1. The maximum absolute atomic E-state index is 4.53. The van der Waals surface area contributed by atoms with E-state index in [2.05, 4.69) is 65.6 Å². The molecule has 0 fully saturated rings. The highest BCUT2D eigenvalue weighted by molar-refractivity contribution is 5.47. The van der Waals surface area contributed by atoms with Crippen LogP contribution in [0.4, 0.5) is 11.6 Å². The molecule has 1 aromatic heterocycles. The van der Waals surface area contributed by atoms with Gasteiger partial charge in [0, 0.05) is 25.6 Å². The molecule has 2 aromatic rings. The van der Waals surface area contributed by atoms with Gasteiger partial charge in [0.05, 0.1) is 0 Å². The largest absolute Gasteiger partial charge is 0.370 e. The van der Waals surface area contributed by atoms with Crippen molar-refractivity contribution in [2.24, 2.45) is 0 Å². The number of aromatic nitrogens is 2. The number of anilines is 2. The lowest BCUT2D eigenvalue weighted by molar-refractivity contribution is 0.921. The molecule has 0 atom stereocenters. The summed E-state index contributed by atoms with van der Waals surface area (Å²) in [5, 5.41) is 6.65. The second kappa shape index (κ2) is 7.62. The summed E-state index contributed by atoms with van der Waals surface area (Å²) < 4.78 is 0. The van der Waals surface area contributed by atoms with Crippen LogP contribution >= 0.6 is 0 Å². The van der Waals surface area contributed by atoms with Crippen molar-refractivity contribution in [1.29, 1.82) is 0 Å². The van der Waals surface area contributed by atoms with Crippen LogP contribution in [-0.4, -0.2) is 23.1 Å². The maximum atomic E-state index is 4.53. The van der Waals surface area contributed by atoms with Crippen LogP contribution in [0.25, 0.3) is 0 Å². The van der Waals surface area contributed by atoms with Crippen LogP contribution in [-0.2, 0) is 12.8 Å². The molecular formula is C17H24N4. The molecule has 1 aromatic carbocycles. The second-order valence-electron chi connectivity index (χ2n) is 5.04. The fourth-order valence-corrected chi connectivity index (χ4v) is 2.23. The first kappa shape index (κ1) is 15.3. The van der Waals surface area contributed by atoms with Gasteiger partial charge in [0.25, 0.3) is 0 Å². The lowest BCUT2D eigenvalue weighted by Gasteiger charge is -2.11. The van der Waals surface area contributed by atoms with Gasteiger partial charge in [-0.2, -0.15) is 0 Å². The highest BCUT2D eigenvalue weighted by Crippen LogP contribution is 2.13. The van der Waals surface area contributed by atoms with Gasteiger partial charge in [0.2, 0.25) is 0 Å². The van der Waals surface area contributed by atoms with Crippen molar-refractivity contribution in [3.63, 3.8) is 0 Å². The Balaban J connectivity index is 1.99. The summed E-state index contributed by atoms with van der Waals surface area (Å²) in [5.74, 6) is 2.65. The average molecular weight is 284 g/mol. The van der Waals surface area contributed by atoms with E-state index in [0.29, 0.717) is 0 Å². The minimum absolute atomic E-state index is 0.839. The number of aryl methyl sites for hydroxylation is 2. The Hall–Kier alpha value is -2.10. The van der Waals surface area contributed by atoms with Gasteiger partial charge in [-0.1, -0.05) is 31.2 Å². The van der Waals surface area contributed by atoms with Crippen LogP contribution in [0.5, 0.6) is 0 Å². The van der Waals surface area contributed by atoms with E-state index in [4.69, 9.17) is 0 Å². The van der Waals surface area contributed by atoms with Crippen molar-refractivity contribution in [2.45, 2.75) is 33.6 Å². The molecule has 0 saturated carbocycles. The molecule has 112 valence electrons. The molecule has 4 heteroatoms. The molecule has 0 radical (unpaired) electrons. The van der Waals surface area contributed by atoms with Gasteiger partial charge < -0.3 is 10.6 Å². The molecule has 0 aliphatic rings. The first-order valence-corrected chi connectivity index (χ1v) is 7.63. The summed E-state index contributed by atoms with van der Waals surface area (Å²) in [6, 6.07) is 10.5. The van der Waals surface area contributed by atoms with Crippen LogP contribution in [0.2, 0.25) is 0 Å². The van der Waals surface area contributed by atoms with E-state index in [1.165, 1.54) is 11.1 Å². The van der Waals surface area contributed by atoms with Crippen LogP contribution < -0.4 is 10.6 Å². The topological polar surface area (TPSA) is 49.8 Å². The van der Waals surface area contributed by atoms with Crippen LogP contribution in [0.15, 0.2) is 30.3 Å². The third-order valence-electron chi connectivity index (χ3n) is 3.41. The minimum Gasteiger partial charge on any atom is -0.370 e. The molecular weight excluding hydrogens is 260 g/mol. The zero-order chi connectivity index (χ0) is 15.1. The predicted octanol–water partition coefficient (Wildman–Crippen LogP) is 3.43. The van der Waals surface area contributed by atoms with Gasteiger partial charge in [-0.25, -0.2) is 9.97 Å². The lowest BCUT2D eigenvalue weighted by Crippen LogP contribution is -2.10. The molecule has 0 amide bonds. The smallest absolute Gasteiger partial charge is 0.132 e. The normalized spacial score (nSPS) is 10.4. The fourth-order valence-electron chi connectivity index (χ4n) is 2.23. The van der Waals surface area contributed by atoms with Gasteiger partial charge >= 0.3 is 0 Å². The average Bonchev–Trinajstić information content (AvgIpc) is 2.49. The predicted molar refractivity (Wildman–Crippen MR) is 88.9 cm³/mol. The van der Waals surface area contributed by atoms with Gasteiger partial charge in [-0.15, -0.1) is 0 Å². The summed E-state index contributed by atoms with van der Waals surface area (Å²) in [6.45, 7) is 8.03. The number of rotatable bonds is 7. The Labute approximate surface area is 127 Å². The Kier molecular flexibility index (Phi) is 5.55. The van der Waals surface area contributed by atoms with E-state index in [0.717, 1.165) is 43.4 Å². The third-order valence-corrected chi connectivity index (χ3v) is 3.41. The Morgan fingerprint density at radius 2 is 1.71 bits per heavy atom. The summed E-state index contributed by atoms with van der Waals surface area (Å²) >= 11 is 0. The third kappa shape index (κ3) is 4.45. The molecule has 0 bridgehead atoms. The highest BCUT2D eigenvalue weighted by Gasteiger charge is 2.03. The van der Waals surface area contributed by atoms with E-state index in [-0.39, 0.29) is 0 Å². The van der Waals surface area contributed by atoms with Gasteiger partial charge in [0.1, 0.15) is 17.5 Å². The van der Waals surface area contributed by atoms with E-state index < -0.39 is 0 Å². The molecule has 1 heterocycles. The van der Waals surface area contributed by atoms with Crippen molar-refractivity contribution in [3.05, 3.63) is 47.3 Å². The van der Waals surface area contributed by atoms with Gasteiger partial charge in [0.15, 0.2) is 0 Å². The van der Waals surface area contributed by atoms with Crippen LogP contribution in [0.1, 0.15) is 30.8 Å². The van der Waals surface area contributed by atoms with Crippen molar-refractivity contribution in [2.75, 3.05) is 23.7 Å². The Bertz CT molecular complexity index is 581. The SMILES string of the molecule is CCNc1cc(NCCc2ccccc2C)nc(CC)n1. The quantitative estimate of drug-likeness (QED) is 0.818.